The third-order valence-corrected chi connectivity index (χ3v) is 4.34. The second-order valence-electron chi connectivity index (χ2n) is 4.11. The van der Waals surface area contributed by atoms with Crippen molar-refractivity contribution < 1.29 is 17.9 Å². The van der Waals surface area contributed by atoms with Crippen molar-refractivity contribution in [3.05, 3.63) is 29.3 Å². The lowest BCUT2D eigenvalue weighted by atomic mass is 10.1. The van der Waals surface area contributed by atoms with Crippen molar-refractivity contribution in [3.63, 3.8) is 0 Å². The topological polar surface area (TPSA) is 60.4 Å². The van der Waals surface area contributed by atoms with E-state index in [2.05, 4.69) is 0 Å². The summed E-state index contributed by atoms with van der Waals surface area (Å²) in [5.74, 6) is 0.622. The highest BCUT2D eigenvalue weighted by Gasteiger charge is 2.11. The quantitative estimate of drug-likeness (QED) is 0.711. The monoisotopic (exact) mass is 270 g/mol. The number of carbonyl (C=O) groups excluding carboxylic acids is 1. The predicted octanol–water partition coefficient (Wildman–Crippen LogP) is 2.01. The number of benzene rings is 1. The number of rotatable bonds is 7. The largest absolute Gasteiger partial charge is 0.492 e. The van der Waals surface area contributed by atoms with Crippen LogP contribution in [0, 0.1) is 6.92 Å². The van der Waals surface area contributed by atoms with Crippen LogP contribution in [0.4, 0.5) is 0 Å². The molecule has 0 N–H and O–H groups in total. The van der Waals surface area contributed by atoms with E-state index in [1.165, 1.54) is 0 Å². The second kappa shape index (κ2) is 6.54. The van der Waals surface area contributed by atoms with E-state index in [1.54, 1.807) is 12.1 Å². The summed E-state index contributed by atoms with van der Waals surface area (Å²) in [6.45, 7) is 3.72. The van der Waals surface area contributed by atoms with Crippen LogP contribution in [0.5, 0.6) is 5.75 Å². The van der Waals surface area contributed by atoms with Gasteiger partial charge in [0.2, 0.25) is 0 Å². The van der Waals surface area contributed by atoms with Gasteiger partial charge in [0.25, 0.3) is 0 Å². The van der Waals surface area contributed by atoms with Crippen molar-refractivity contribution in [2.45, 2.75) is 20.3 Å². The number of sulfone groups is 1. The summed E-state index contributed by atoms with van der Waals surface area (Å²) >= 11 is 0. The minimum Gasteiger partial charge on any atom is -0.492 e. The fourth-order valence-corrected chi connectivity index (χ4v) is 2.81. The van der Waals surface area contributed by atoms with Gasteiger partial charge in [0.1, 0.15) is 12.4 Å². The maximum atomic E-state index is 11.5. The van der Waals surface area contributed by atoms with Gasteiger partial charge in [-0.3, -0.25) is 4.79 Å². The average Bonchev–Trinajstić information content (AvgIpc) is 2.30. The lowest BCUT2D eigenvalue weighted by Crippen LogP contribution is -2.17. The Balaban J connectivity index is 2.67. The highest BCUT2D eigenvalue weighted by Crippen LogP contribution is 2.21. The summed E-state index contributed by atoms with van der Waals surface area (Å²) < 4.78 is 28.5. The van der Waals surface area contributed by atoms with Gasteiger partial charge in [-0.25, -0.2) is 8.42 Å². The molecule has 0 aliphatic heterocycles. The third kappa shape index (κ3) is 4.14. The van der Waals surface area contributed by atoms with Gasteiger partial charge in [-0.2, -0.15) is 0 Å². The number of aldehydes is 1. The summed E-state index contributed by atoms with van der Waals surface area (Å²) in [5, 5.41) is 0. The number of hydrogen-bond donors (Lipinski definition) is 0. The molecule has 0 bridgehead atoms. The number of aryl methyl sites for hydroxylation is 1. The predicted molar refractivity (Wildman–Crippen MR) is 71.0 cm³/mol. The molecule has 0 spiro atoms. The molecule has 100 valence electrons. The van der Waals surface area contributed by atoms with E-state index in [-0.39, 0.29) is 18.1 Å². The van der Waals surface area contributed by atoms with Crippen LogP contribution in [-0.2, 0) is 9.84 Å². The number of carbonyl (C=O) groups is 1. The molecule has 4 nitrogen and oxygen atoms in total. The van der Waals surface area contributed by atoms with E-state index in [0.717, 1.165) is 5.56 Å². The van der Waals surface area contributed by atoms with Gasteiger partial charge in [0, 0.05) is 0 Å². The molecule has 0 fully saturated rings. The van der Waals surface area contributed by atoms with Gasteiger partial charge in [-0.05, 0) is 25.0 Å². The van der Waals surface area contributed by atoms with Gasteiger partial charge in [0.05, 0.1) is 17.1 Å². The van der Waals surface area contributed by atoms with Crippen LogP contribution in [0.2, 0.25) is 0 Å². The van der Waals surface area contributed by atoms with E-state index < -0.39 is 9.84 Å². The van der Waals surface area contributed by atoms with Gasteiger partial charge in [-0.1, -0.05) is 19.1 Å². The minimum atomic E-state index is -3.05. The Hall–Kier alpha value is -1.36. The lowest BCUT2D eigenvalue weighted by Gasteiger charge is -2.11. The van der Waals surface area contributed by atoms with Crippen LogP contribution in [0.3, 0.4) is 0 Å². The van der Waals surface area contributed by atoms with Crippen molar-refractivity contribution in [3.8, 4) is 5.75 Å². The van der Waals surface area contributed by atoms with Gasteiger partial charge < -0.3 is 4.74 Å². The molecule has 1 aromatic rings. The molecule has 0 heterocycles. The Kier molecular flexibility index (Phi) is 5.34. The van der Waals surface area contributed by atoms with E-state index >= 15 is 0 Å². The molecule has 18 heavy (non-hydrogen) atoms. The fraction of sp³-hybridized carbons (Fsp3) is 0.462. The highest BCUT2D eigenvalue weighted by atomic mass is 32.2. The van der Waals surface area contributed by atoms with Gasteiger partial charge in [0.15, 0.2) is 16.1 Å². The maximum absolute atomic E-state index is 11.5. The summed E-state index contributed by atoms with van der Waals surface area (Å²) in [7, 11) is -3.05. The van der Waals surface area contributed by atoms with Crippen molar-refractivity contribution in [2.75, 3.05) is 18.1 Å². The zero-order valence-corrected chi connectivity index (χ0v) is 11.5. The van der Waals surface area contributed by atoms with Crippen molar-refractivity contribution in [1.82, 2.24) is 0 Å². The van der Waals surface area contributed by atoms with E-state index in [1.807, 2.05) is 19.9 Å². The molecule has 0 atom stereocenters. The van der Waals surface area contributed by atoms with Gasteiger partial charge in [-0.15, -0.1) is 0 Å². The molecule has 0 unspecified atom stereocenters. The van der Waals surface area contributed by atoms with Crippen LogP contribution in [0.15, 0.2) is 18.2 Å². The molecule has 1 rings (SSSR count). The smallest absolute Gasteiger partial charge is 0.153 e. The molecule has 0 saturated heterocycles. The zero-order chi connectivity index (χ0) is 13.6. The lowest BCUT2D eigenvalue weighted by molar-refractivity contribution is 0.111. The van der Waals surface area contributed by atoms with Crippen LogP contribution >= 0.6 is 0 Å². The molecule has 0 aliphatic carbocycles. The van der Waals surface area contributed by atoms with Crippen LogP contribution in [0.1, 0.15) is 29.3 Å². The second-order valence-corrected chi connectivity index (χ2v) is 6.42. The summed E-state index contributed by atoms with van der Waals surface area (Å²) in [4.78, 5) is 10.8. The Morgan fingerprint density at radius 1 is 1.28 bits per heavy atom. The first-order valence-corrected chi connectivity index (χ1v) is 7.70. The summed E-state index contributed by atoms with van der Waals surface area (Å²) in [5.41, 5.74) is 1.27. The van der Waals surface area contributed by atoms with Crippen molar-refractivity contribution in [1.29, 1.82) is 0 Å². The van der Waals surface area contributed by atoms with Gasteiger partial charge >= 0.3 is 0 Å². The first kappa shape index (κ1) is 14.7. The fourth-order valence-electron chi connectivity index (χ4n) is 1.65. The maximum Gasteiger partial charge on any atom is 0.153 e. The molecule has 5 heteroatoms. The van der Waals surface area contributed by atoms with E-state index in [0.29, 0.717) is 24.0 Å². The standard InChI is InChI=1S/C13H18O4S/c1-3-8-18(15,16)9-7-17-13-11(2)5-4-6-12(13)10-14/h4-6,10H,3,7-9H2,1-2H3. The Labute approximate surface area is 108 Å². The number of ether oxygens (including phenoxy) is 1. The first-order chi connectivity index (χ1) is 8.50. The van der Waals surface area contributed by atoms with Crippen LogP contribution in [0.25, 0.3) is 0 Å². The third-order valence-electron chi connectivity index (χ3n) is 2.53. The number of hydrogen-bond acceptors (Lipinski definition) is 4. The molecule has 0 saturated carbocycles. The van der Waals surface area contributed by atoms with Crippen molar-refractivity contribution in [2.24, 2.45) is 0 Å². The Morgan fingerprint density at radius 3 is 2.61 bits per heavy atom. The SMILES string of the molecule is CCCS(=O)(=O)CCOc1c(C)cccc1C=O. The van der Waals surface area contributed by atoms with Crippen LogP contribution in [-0.4, -0.2) is 32.8 Å². The number of para-hydroxylation sites is 1. The molecule has 0 radical (unpaired) electrons. The molecular weight excluding hydrogens is 252 g/mol. The normalized spacial score (nSPS) is 11.2. The van der Waals surface area contributed by atoms with Crippen molar-refractivity contribution >= 4 is 16.1 Å². The van der Waals surface area contributed by atoms with E-state index in [9.17, 15) is 13.2 Å². The molecular formula is C13H18O4S. The molecule has 0 aromatic heterocycles. The summed E-state index contributed by atoms with van der Waals surface area (Å²) in [6, 6.07) is 5.23. The molecule has 1 aromatic carbocycles. The average molecular weight is 270 g/mol. The Morgan fingerprint density at radius 2 is 2.00 bits per heavy atom. The Bertz CT molecular complexity index is 506. The molecule has 0 amide bonds. The minimum absolute atomic E-state index is 0.0204. The highest BCUT2D eigenvalue weighted by molar-refractivity contribution is 7.91. The molecule has 0 aliphatic rings. The van der Waals surface area contributed by atoms with E-state index in [4.69, 9.17) is 4.74 Å². The first-order valence-electron chi connectivity index (χ1n) is 5.88. The summed E-state index contributed by atoms with van der Waals surface area (Å²) in [6.07, 6.45) is 1.31. The van der Waals surface area contributed by atoms with Crippen LogP contribution < -0.4 is 4.74 Å². The zero-order valence-electron chi connectivity index (χ0n) is 10.7.